The van der Waals surface area contributed by atoms with Crippen LogP contribution in [-0.2, 0) is 14.3 Å². The number of esters is 1. The maximum Gasteiger partial charge on any atom is 0.340 e. The first-order valence-electron chi connectivity index (χ1n) is 8.48. The van der Waals surface area contributed by atoms with Crippen LogP contribution in [0.1, 0.15) is 29.6 Å². The summed E-state index contributed by atoms with van der Waals surface area (Å²) in [5, 5.41) is 10.8. The van der Waals surface area contributed by atoms with Gasteiger partial charge in [0.1, 0.15) is 5.01 Å². The molecule has 0 unspecified atom stereocenters. The van der Waals surface area contributed by atoms with Crippen molar-refractivity contribution in [1.82, 2.24) is 9.88 Å². The third kappa shape index (κ3) is 4.32. The van der Waals surface area contributed by atoms with Crippen molar-refractivity contribution < 1.29 is 19.4 Å². The van der Waals surface area contributed by atoms with Gasteiger partial charge >= 0.3 is 5.97 Å². The van der Waals surface area contributed by atoms with Gasteiger partial charge in [-0.3, -0.25) is 4.79 Å². The van der Waals surface area contributed by atoms with E-state index in [4.69, 9.17) is 4.74 Å². The Labute approximate surface area is 161 Å². The number of carbonyl (C=O) groups is 2. The Morgan fingerprint density at radius 1 is 1.15 bits per heavy atom. The van der Waals surface area contributed by atoms with Gasteiger partial charge in [-0.2, -0.15) is 0 Å². The summed E-state index contributed by atoms with van der Waals surface area (Å²) >= 11 is 1.52. The summed E-state index contributed by atoms with van der Waals surface area (Å²) in [5.41, 5.74) is 1.31. The van der Waals surface area contributed by atoms with E-state index in [1.807, 2.05) is 31.2 Å². The van der Waals surface area contributed by atoms with Crippen molar-refractivity contribution in [2.45, 2.75) is 19.1 Å². The minimum absolute atomic E-state index is 0.257. The van der Waals surface area contributed by atoms with E-state index in [0.29, 0.717) is 5.56 Å². The van der Waals surface area contributed by atoms with Crippen molar-refractivity contribution >= 4 is 33.4 Å². The van der Waals surface area contributed by atoms with Crippen LogP contribution in [0.4, 0.5) is 0 Å². The summed E-state index contributed by atoms with van der Waals surface area (Å²) in [6.45, 7) is 1.44. The highest BCUT2D eigenvalue weighted by molar-refractivity contribution is 7.18. The van der Waals surface area contributed by atoms with Crippen LogP contribution in [0.15, 0.2) is 54.6 Å². The van der Waals surface area contributed by atoms with Gasteiger partial charge in [-0.15, -0.1) is 11.3 Å². The lowest BCUT2D eigenvalue weighted by atomic mass is 10.1. The van der Waals surface area contributed by atoms with Gasteiger partial charge in [0.15, 0.2) is 12.7 Å². The smallest absolute Gasteiger partial charge is 0.340 e. The van der Waals surface area contributed by atoms with Crippen LogP contribution >= 0.6 is 11.3 Å². The molecule has 0 aliphatic heterocycles. The molecule has 0 radical (unpaired) electrons. The maximum absolute atomic E-state index is 12.4. The van der Waals surface area contributed by atoms with Gasteiger partial charge in [0.2, 0.25) is 0 Å². The molecular weight excluding hydrogens is 364 g/mol. The van der Waals surface area contributed by atoms with Gasteiger partial charge < -0.3 is 14.7 Å². The molecule has 27 heavy (non-hydrogen) atoms. The highest BCUT2D eigenvalue weighted by Crippen LogP contribution is 2.28. The summed E-state index contributed by atoms with van der Waals surface area (Å²) in [6.07, 6.45) is -1.41. The Balaban J connectivity index is 1.59. The van der Waals surface area contributed by atoms with Crippen LogP contribution in [0.5, 0.6) is 0 Å². The van der Waals surface area contributed by atoms with Gasteiger partial charge in [-0.25, -0.2) is 9.78 Å². The average Bonchev–Trinajstić information content (AvgIpc) is 3.15. The fraction of sp³-hybridized carbons (Fsp3) is 0.250. The average molecular weight is 384 g/mol. The molecule has 3 rings (SSSR count). The Hall–Kier alpha value is -2.77. The second-order valence-corrected chi connectivity index (χ2v) is 7.18. The number of nitrogens with zero attached hydrogens (tertiary/aromatic N) is 2. The number of aliphatic hydroxyl groups excluding tert-OH is 1. The van der Waals surface area contributed by atoms with Crippen LogP contribution in [0.25, 0.3) is 10.2 Å². The zero-order chi connectivity index (χ0) is 19.4. The highest BCUT2D eigenvalue weighted by atomic mass is 32.1. The van der Waals surface area contributed by atoms with E-state index in [-0.39, 0.29) is 11.9 Å². The zero-order valence-corrected chi connectivity index (χ0v) is 15.8. The number of hydrogen-bond acceptors (Lipinski definition) is 6. The van der Waals surface area contributed by atoms with E-state index in [2.05, 4.69) is 4.98 Å². The van der Waals surface area contributed by atoms with Gasteiger partial charge in [0, 0.05) is 7.05 Å². The molecule has 0 spiro atoms. The summed E-state index contributed by atoms with van der Waals surface area (Å²) in [5.74, 6) is -1.22. The first kappa shape index (κ1) is 19.0. The lowest BCUT2D eigenvalue weighted by Gasteiger charge is -2.23. The standard InChI is InChI=1S/C20H20N2O4S/c1-13(19-21-15-10-6-7-11-16(15)27-19)22(2)17(23)12-26-20(25)18(24)14-8-4-3-5-9-14/h3-11,13,18,24H,12H2,1-2H3/t13-,18+/m1/s1. The van der Waals surface area contributed by atoms with Gasteiger partial charge in [0.05, 0.1) is 16.3 Å². The van der Waals surface area contributed by atoms with Crippen molar-refractivity contribution in [2.75, 3.05) is 13.7 Å². The molecule has 7 heteroatoms. The van der Waals surface area contributed by atoms with Crippen molar-refractivity contribution in [2.24, 2.45) is 0 Å². The molecule has 0 aliphatic rings. The first-order chi connectivity index (χ1) is 13.0. The number of fused-ring (bicyclic) bond motifs is 1. The number of aliphatic hydroxyl groups is 1. The van der Waals surface area contributed by atoms with Crippen LogP contribution in [-0.4, -0.2) is 40.5 Å². The molecule has 1 N–H and O–H groups in total. The molecular formula is C20H20N2O4S. The van der Waals surface area contributed by atoms with Crippen molar-refractivity contribution in [3.05, 3.63) is 65.2 Å². The summed E-state index contributed by atoms with van der Waals surface area (Å²) in [7, 11) is 1.64. The van der Waals surface area contributed by atoms with Crippen molar-refractivity contribution in [3.8, 4) is 0 Å². The SMILES string of the molecule is C[C@H](c1nc2ccccc2s1)N(C)C(=O)COC(=O)[C@@H](O)c1ccccc1. The number of rotatable bonds is 6. The molecule has 3 aromatic rings. The molecule has 2 aromatic carbocycles. The minimum Gasteiger partial charge on any atom is -0.453 e. The Morgan fingerprint density at radius 2 is 1.81 bits per heavy atom. The maximum atomic E-state index is 12.4. The molecule has 6 nitrogen and oxygen atoms in total. The van der Waals surface area contributed by atoms with Gasteiger partial charge in [0.25, 0.3) is 5.91 Å². The third-order valence-corrected chi connectivity index (χ3v) is 5.53. The van der Waals surface area contributed by atoms with E-state index in [1.54, 1.807) is 37.4 Å². The highest BCUT2D eigenvalue weighted by Gasteiger charge is 2.24. The molecule has 1 heterocycles. The van der Waals surface area contributed by atoms with Crippen molar-refractivity contribution in [3.63, 3.8) is 0 Å². The zero-order valence-electron chi connectivity index (χ0n) is 15.0. The molecule has 1 aromatic heterocycles. The largest absolute Gasteiger partial charge is 0.453 e. The predicted molar refractivity (Wildman–Crippen MR) is 103 cm³/mol. The van der Waals surface area contributed by atoms with E-state index >= 15 is 0 Å². The number of amides is 1. The van der Waals surface area contributed by atoms with E-state index in [1.165, 1.54) is 16.2 Å². The normalized spacial score (nSPS) is 13.1. The van der Waals surface area contributed by atoms with Crippen molar-refractivity contribution in [1.29, 1.82) is 0 Å². The molecule has 2 atom stereocenters. The number of hydrogen-bond donors (Lipinski definition) is 1. The number of carbonyl (C=O) groups excluding carboxylic acids is 2. The molecule has 0 fully saturated rings. The van der Waals surface area contributed by atoms with E-state index in [0.717, 1.165) is 15.2 Å². The van der Waals surface area contributed by atoms with E-state index in [9.17, 15) is 14.7 Å². The lowest BCUT2D eigenvalue weighted by molar-refractivity contribution is -0.159. The number of benzene rings is 2. The summed E-state index contributed by atoms with van der Waals surface area (Å²) in [4.78, 5) is 30.4. The third-order valence-electron chi connectivity index (χ3n) is 4.32. The molecule has 0 saturated carbocycles. The number of likely N-dealkylation sites (N-methyl/N-ethyl adjacent to an activating group) is 1. The lowest BCUT2D eigenvalue weighted by Crippen LogP contribution is -2.34. The van der Waals surface area contributed by atoms with Crippen LogP contribution < -0.4 is 0 Å². The Morgan fingerprint density at radius 3 is 2.52 bits per heavy atom. The Bertz CT molecular complexity index is 908. The summed E-state index contributed by atoms with van der Waals surface area (Å²) < 4.78 is 6.04. The monoisotopic (exact) mass is 384 g/mol. The molecule has 0 bridgehead atoms. The molecule has 140 valence electrons. The molecule has 0 saturated heterocycles. The number of para-hydroxylation sites is 1. The Kier molecular flexibility index (Phi) is 5.83. The molecule has 1 amide bonds. The predicted octanol–water partition coefficient (Wildman–Crippen LogP) is 3.09. The van der Waals surface area contributed by atoms with Crippen LogP contribution in [0.3, 0.4) is 0 Å². The van der Waals surface area contributed by atoms with Crippen LogP contribution in [0, 0.1) is 0 Å². The minimum atomic E-state index is -1.41. The molecule has 0 aliphatic carbocycles. The van der Waals surface area contributed by atoms with Gasteiger partial charge in [-0.05, 0) is 24.6 Å². The number of aromatic nitrogens is 1. The summed E-state index contributed by atoms with van der Waals surface area (Å²) in [6, 6.07) is 16.0. The number of ether oxygens (including phenoxy) is 1. The fourth-order valence-corrected chi connectivity index (χ4v) is 3.60. The fourth-order valence-electron chi connectivity index (χ4n) is 2.54. The topological polar surface area (TPSA) is 79.7 Å². The number of thiazole rings is 1. The second-order valence-electron chi connectivity index (χ2n) is 6.12. The van der Waals surface area contributed by atoms with Gasteiger partial charge in [-0.1, -0.05) is 42.5 Å². The second kappa shape index (κ2) is 8.28. The first-order valence-corrected chi connectivity index (χ1v) is 9.30. The van der Waals surface area contributed by atoms with Crippen LogP contribution in [0.2, 0.25) is 0 Å². The quantitative estimate of drug-likeness (QED) is 0.661. The van der Waals surface area contributed by atoms with E-state index < -0.39 is 18.7 Å².